The van der Waals surface area contributed by atoms with E-state index in [2.05, 4.69) is 198 Å². The van der Waals surface area contributed by atoms with Crippen molar-refractivity contribution in [2.24, 2.45) is 0 Å². The Morgan fingerprint density at radius 2 is 0.337 bits per heavy atom. The summed E-state index contributed by atoms with van der Waals surface area (Å²) < 4.78 is 23.6. The molecule has 0 saturated carbocycles. The van der Waals surface area contributed by atoms with E-state index >= 15 is 0 Å². The van der Waals surface area contributed by atoms with Gasteiger partial charge in [-0.05, 0) is 77.0 Å². The fourth-order valence-corrected chi connectivity index (χ4v) is 13.6. The topological polar surface area (TPSA) is 105 Å². The Balaban J connectivity index is 5.95. The fraction of sp³-hybridized carbons (Fsp3) is 0.550. The first kappa shape index (κ1) is 83.5. The third-order valence-electron chi connectivity index (χ3n) is 13.8. The minimum Gasteiger partial charge on any atom is -0.0882 e. The zero-order valence-corrected chi connectivity index (χ0v) is 59.4. The number of allylic oxidation sites excluding steroid dienone is 32. The van der Waals surface area contributed by atoms with Crippen molar-refractivity contribution in [2.45, 2.75) is 285 Å². The molecule has 496 valence electrons. The van der Waals surface area contributed by atoms with Crippen LogP contribution in [0, 0.1) is 0 Å². The van der Waals surface area contributed by atoms with Gasteiger partial charge in [-0.1, -0.05) is 152 Å². The number of rotatable bonds is 60. The zero-order valence-electron chi connectivity index (χ0n) is 56.5. The predicted octanol–water partition coefficient (Wildman–Crippen LogP) is 24.2. The summed E-state index contributed by atoms with van der Waals surface area (Å²) in [5, 5.41) is 0. The maximum absolute atomic E-state index is 13.7. The van der Waals surface area contributed by atoms with E-state index in [0.29, 0.717) is 51.4 Å². The molecule has 0 aromatic carbocycles. The van der Waals surface area contributed by atoms with Crippen molar-refractivity contribution in [2.75, 3.05) is 0 Å². The van der Waals surface area contributed by atoms with E-state index in [1.807, 2.05) is 24.3 Å². The molecule has 0 rings (SSSR count). The molecule has 9 heteroatoms. The molecule has 0 aromatic rings. The van der Waals surface area contributed by atoms with Crippen LogP contribution in [0.3, 0.4) is 0 Å². The molecule has 0 radical (unpaired) electrons. The van der Waals surface area contributed by atoms with E-state index in [9.17, 15) is 19.2 Å². The van der Waals surface area contributed by atoms with Gasteiger partial charge in [0, 0.05) is 0 Å². The van der Waals surface area contributed by atoms with Gasteiger partial charge in [-0.2, -0.15) is 0 Å². The standard InChI is InChI=1S/4C20H32O2.Sn/c4*1-2-3-4-5-6-7-8-9-10-11-12-13-14-15-16-17-18-19-20(21)22;/h4*6-7,9-10,12-13,15-16H,2-5,8,11,14,17-19H2,1H3,(H,21,22);/q;;;;+4/p-4/b4*7-6-,10-9-,13-12-,16-15-;. The quantitative estimate of drug-likeness (QED) is 0.0337. The van der Waals surface area contributed by atoms with Gasteiger partial charge in [0.2, 0.25) is 0 Å². The molecule has 0 fully saturated rings. The summed E-state index contributed by atoms with van der Waals surface area (Å²) in [6.45, 7) is 8.90. The van der Waals surface area contributed by atoms with Crippen molar-refractivity contribution >= 4 is 43.9 Å². The predicted molar refractivity (Wildman–Crippen MR) is 384 cm³/mol. The van der Waals surface area contributed by atoms with Gasteiger partial charge in [0.15, 0.2) is 0 Å². The second kappa shape index (κ2) is 70.0. The van der Waals surface area contributed by atoms with Gasteiger partial charge in [-0.25, -0.2) is 0 Å². The van der Waals surface area contributed by atoms with E-state index in [0.717, 1.165) is 103 Å². The van der Waals surface area contributed by atoms with Gasteiger partial charge < -0.3 is 0 Å². The first-order valence-corrected chi connectivity index (χ1v) is 39.8. The fourth-order valence-electron chi connectivity index (χ4n) is 8.59. The van der Waals surface area contributed by atoms with E-state index in [1.165, 1.54) is 77.0 Å². The van der Waals surface area contributed by atoms with E-state index in [4.69, 9.17) is 12.3 Å². The molecule has 8 nitrogen and oxygen atoms in total. The Bertz CT molecular complexity index is 1890. The maximum atomic E-state index is 13.7. The van der Waals surface area contributed by atoms with Crippen LogP contribution < -0.4 is 0 Å². The van der Waals surface area contributed by atoms with Gasteiger partial charge >= 0.3 is 325 Å². The van der Waals surface area contributed by atoms with Gasteiger partial charge in [-0.3, -0.25) is 0 Å². The first-order valence-electron chi connectivity index (χ1n) is 35.1. The molecule has 0 aliphatic carbocycles. The molecule has 0 amide bonds. The van der Waals surface area contributed by atoms with E-state index in [-0.39, 0.29) is 25.7 Å². The van der Waals surface area contributed by atoms with Crippen molar-refractivity contribution in [3.05, 3.63) is 194 Å². The van der Waals surface area contributed by atoms with Crippen LogP contribution in [0.4, 0.5) is 0 Å². The van der Waals surface area contributed by atoms with Crippen molar-refractivity contribution in [3.63, 3.8) is 0 Å². The van der Waals surface area contributed by atoms with Crippen LogP contribution in [-0.4, -0.2) is 43.9 Å². The number of hydrogen-bond acceptors (Lipinski definition) is 8. The molecule has 89 heavy (non-hydrogen) atoms. The summed E-state index contributed by atoms with van der Waals surface area (Å²) in [7, 11) is 0. The average molecular weight is 1330 g/mol. The van der Waals surface area contributed by atoms with Crippen LogP contribution in [0.15, 0.2) is 194 Å². The van der Waals surface area contributed by atoms with Gasteiger partial charge in [-0.15, -0.1) is 0 Å². The molecule has 0 aromatic heterocycles. The molecular formula is C80H124O8Sn. The molecule has 0 aliphatic rings. The van der Waals surface area contributed by atoms with Crippen LogP contribution in [0.25, 0.3) is 0 Å². The van der Waals surface area contributed by atoms with Crippen LogP contribution >= 0.6 is 0 Å². The van der Waals surface area contributed by atoms with Crippen molar-refractivity contribution in [3.8, 4) is 0 Å². The summed E-state index contributed by atoms with van der Waals surface area (Å²) in [5.74, 6) is -2.97. The molecule has 0 atom stereocenters. The minimum atomic E-state index is -6.08. The average Bonchev–Trinajstić information content (AvgIpc) is 3.28. The third-order valence-corrected chi connectivity index (χ3v) is 19.2. The second-order valence-electron chi connectivity index (χ2n) is 22.3. The SMILES string of the molecule is CCCCC/C=C\C/C=C\C/C=C\C/C=C\CCCC(=O)[O][Sn]([O]C(=O)CCC/C=C\C/C=C\C/C=C\C/C=C\CCCCC)([O]C(=O)CCC/C=C\C/C=C\C/C=C\C/C=C\CCCCC)[O]C(=O)CCC/C=C\C/C=C\C/C=C\C/C=C\CCCCC. The number of unbranched alkanes of at least 4 members (excludes halogenated alkanes) is 16. The van der Waals surface area contributed by atoms with Gasteiger partial charge in [0.05, 0.1) is 0 Å². The molecule has 0 spiro atoms. The monoisotopic (exact) mass is 1330 g/mol. The molecule has 0 bridgehead atoms. The van der Waals surface area contributed by atoms with E-state index < -0.39 is 43.9 Å². The van der Waals surface area contributed by atoms with Crippen LogP contribution in [0.2, 0.25) is 0 Å². The first-order chi connectivity index (χ1) is 43.8. The minimum absolute atomic E-state index is 0.0481. The van der Waals surface area contributed by atoms with Crippen molar-refractivity contribution in [1.82, 2.24) is 0 Å². The van der Waals surface area contributed by atoms with Crippen molar-refractivity contribution in [1.29, 1.82) is 0 Å². The number of carbonyl (C=O) groups is 4. The molecule has 0 aliphatic heterocycles. The molecule has 0 heterocycles. The third kappa shape index (κ3) is 65.3. The Hall–Kier alpha value is -5.48. The molecule has 0 unspecified atom stereocenters. The van der Waals surface area contributed by atoms with Crippen LogP contribution in [-0.2, 0) is 31.5 Å². The summed E-state index contributed by atoms with van der Waals surface area (Å²) in [6, 6.07) is 0. The van der Waals surface area contributed by atoms with Gasteiger partial charge in [0.25, 0.3) is 0 Å². The summed E-state index contributed by atoms with van der Waals surface area (Å²) in [5.41, 5.74) is 0. The molecule has 0 saturated heterocycles. The Morgan fingerprint density at radius 1 is 0.202 bits per heavy atom. The van der Waals surface area contributed by atoms with Crippen LogP contribution in [0.5, 0.6) is 0 Å². The summed E-state index contributed by atoms with van der Waals surface area (Å²) >= 11 is -6.08. The smallest absolute Gasteiger partial charge is 0.0882 e. The number of carbonyl (C=O) groups excluding carboxylic acids is 4. The van der Waals surface area contributed by atoms with Crippen LogP contribution in [0.1, 0.15) is 285 Å². The Morgan fingerprint density at radius 3 is 0.483 bits per heavy atom. The second-order valence-corrected chi connectivity index (χ2v) is 27.5. The zero-order chi connectivity index (χ0) is 64.5. The molecule has 0 N–H and O–H groups in total. The Labute approximate surface area is 550 Å². The normalized spacial score (nSPS) is 13.1. The van der Waals surface area contributed by atoms with E-state index in [1.54, 1.807) is 0 Å². The van der Waals surface area contributed by atoms with Crippen molar-refractivity contribution < 1.29 is 31.5 Å². The summed E-state index contributed by atoms with van der Waals surface area (Å²) in [6.07, 6.45) is 103. The summed E-state index contributed by atoms with van der Waals surface area (Å²) in [4.78, 5) is 54.8. The Kier molecular flexibility index (Phi) is 65.7. The number of hydrogen-bond donors (Lipinski definition) is 0. The van der Waals surface area contributed by atoms with Gasteiger partial charge in [0.1, 0.15) is 0 Å². The molecular weight excluding hydrogens is 1210 g/mol.